The molecule has 3 heteroatoms. The number of hydrogen-bond acceptors (Lipinski definition) is 3. The predicted octanol–water partition coefficient (Wildman–Crippen LogP) is 2.03. The maximum Gasteiger partial charge on any atom is 0.323 e. The van der Waals surface area contributed by atoms with E-state index in [1.807, 2.05) is 6.07 Å². The number of methoxy groups -OCH3 is 1. The third-order valence-corrected chi connectivity index (χ3v) is 3.57. The van der Waals surface area contributed by atoms with Crippen molar-refractivity contribution >= 4 is 16.7 Å². The number of ether oxygens (including phenoxy) is 1. The SMILES string of the molecule is COC(=O)C1Cc2ccc3ccccc3c2CN1. The predicted molar refractivity (Wildman–Crippen MR) is 70.3 cm³/mol. The van der Waals surface area contributed by atoms with E-state index in [9.17, 15) is 4.79 Å². The summed E-state index contributed by atoms with van der Waals surface area (Å²) in [6.07, 6.45) is 0.701. The summed E-state index contributed by atoms with van der Waals surface area (Å²) in [5, 5.41) is 5.76. The molecule has 0 aromatic heterocycles. The van der Waals surface area contributed by atoms with Gasteiger partial charge < -0.3 is 4.74 Å². The molecule has 0 fully saturated rings. The Morgan fingerprint density at radius 3 is 2.94 bits per heavy atom. The van der Waals surface area contributed by atoms with Crippen LogP contribution in [0.2, 0.25) is 0 Å². The van der Waals surface area contributed by atoms with Crippen molar-refractivity contribution in [2.24, 2.45) is 0 Å². The molecule has 92 valence electrons. The lowest BCUT2D eigenvalue weighted by Gasteiger charge is -2.25. The zero-order valence-corrected chi connectivity index (χ0v) is 10.3. The van der Waals surface area contributed by atoms with Crippen LogP contribution in [-0.4, -0.2) is 19.1 Å². The van der Waals surface area contributed by atoms with Gasteiger partial charge in [-0.3, -0.25) is 10.1 Å². The maximum absolute atomic E-state index is 11.6. The number of nitrogens with one attached hydrogen (secondary N) is 1. The lowest BCUT2D eigenvalue weighted by atomic mass is 9.91. The standard InChI is InChI=1S/C15H15NO2/c1-18-15(17)14-8-11-7-6-10-4-2-3-5-12(10)13(11)9-16-14/h2-7,14,16H,8-9H2,1H3. The van der Waals surface area contributed by atoms with Crippen LogP contribution >= 0.6 is 0 Å². The Morgan fingerprint density at radius 1 is 1.28 bits per heavy atom. The summed E-state index contributed by atoms with van der Waals surface area (Å²) in [7, 11) is 1.43. The number of carbonyl (C=O) groups is 1. The Balaban J connectivity index is 2.03. The van der Waals surface area contributed by atoms with Crippen LogP contribution in [0.5, 0.6) is 0 Å². The fourth-order valence-electron chi connectivity index (χ4n) is 2.61. The molecule has 0 amide bonds. The highest BCUT2D eigenvalue weighted by Gasteiger charge is 2.25. The molecule has 0 radical (unpaired) electrons. The summed E-state index contributed by atoms with van der Waals surface area (Å²) in [6.45, 7) is 0.719. The highest BCUT2D eigenvalue weighted by Crippen LogP contribution is 2.26. The smallest absolute Gasteiger partial charge is 0.323 e. The van der Waals surface area contributed by atoms with Gasteiger partial charge in [0.25, 0.3) is 0 Å². The van der Waals surface area contributed by atoms with Crippen LogP contribution in [-0.2, 0) is 22.5 Å². The highest BCUT2D eigenvalue weighted by atomic mass is 16.5. The summed E-state index contributed by atoms with van der Waals surface area (Å²) < 4.78 is 4.79. The number of carbonyl (C=O) groups excluding carboxylic acids is 1. The molecule has 2 aromatic rings. The van der Waals surface area contributed by atoms with Gasteiger partial charge in [-0.25, -0.2) is 0 Å². The van der Waals surface area contributed by atoms with Crippen molar-refractivity contribution in [3.8, 4) is 0 Å². The van der Waals surface area contributed by atoms with Crippen LogP contribution in [0.15, 0.2) is 36.4 Å². The molecule has 1 unspecified atom stereocenters. The second-order valence-corrected chi connectivity index (χ2v) is 4.59. The minimum atomic E-state index is -0.219. The van der Waals surface area contributed by atoms with Crippen LogP contribution in [0.25, 0.3) is 10.8 Å². The quantitative estimate of drug-likeness (QED) is 0.776. The molecule has 0 aliphatic carbocycles. The highest BCUT2D eigenvalue weighted by molar-refractivity contribution is 5.87. The third kappa shape index (κ3) is 1.77. The molecule has 1 heterocycles. The summed E-state index contributed by atoms with van der Waals surface area (Å²) in [5.74, 6) is -0.186. The normalized spacial score (nSPS) is 18.4. The van der Waals surface area contributed by atoms with Crippen molar-refractivity contribution in [2.75, 3.05) is 7.11 Å². The minimum absolute atomic E-state index is 0.186. The van der Waals surface area contributed by atoms with Crippen LogP contribution in [0.3, 0.4) is 0 Å². The maximum atomic E-state index is 11.6. The van der Waals surface area contributed by atoms with Gasteiger partial charge in [0.15, 0.2) is 0 Å². The molecule has 1 aliphatic heterocycles. The van der Waals surface area contributed by atoms with Gasteiger partial charge in [0.05, 0.1) is 7.11 Å². The summed E-state index contributed by atoms with van der Waals surface area (Å²) >= 11 is 0. The fraction of sp³-hybridized carbons (Fsp3) is 0.267. The number of hydrogen-bond donors (Lipinski definition) is 1. The zero-order valence-electron chi connectivity index (χ0n) is 10.3. The third-order valence-electron chi connectivity index (χ3n) is 3.57. The molecule has 3 rings (SSSR count). The van der Waals surface area contributed by atoms with Crippen molar-refractivity contribution in [1.29, 1.82) is 0 Å². The van der Waals surface area contributed by atoms with Gasteiger partial charge in [0, 0.05) is 6.54 Å². The molecular weight excluding hydrogens is 226 g/mol. The number of esters is 1. The number of rotatable bonds is 1. The molecule has 3 nitrogen and oxygen atoms in total. The van der Waals surface area contributed by atoms with Crippen LogP contribution < -0.4 is 5.32 Å². The van der Waals surface area contributed by atoms with E-state index in [1.54, 1.807) is 0 Å². The van der Waals surface area contributed by atoms with Crippen LogP contribution in [0, 0.1) is 0 Å². The molecule has 0 bridgehead atoms. The minimum Gasteiger partial charge on any atom is -0.468 e. The summed E-state index contributed by atoms with van der Waals surface area (Å²) in [5.41, 5.74) is 2.54. The van der Waals surface area contributed by atoms with E-state index in [0.717, 1.165) is 6.54 Å². The van der Waals surface area contributed by atoms with E-state index in [-0.39, 0.29) is 12.0 Å². The molecule has 1 N–H and O–H groups in total. The monoisotopic (exact) mass is 241 g/mol. The first-order valence-corrected chi connectivity index (χ1v) is 6.10. The van der Waals surface area contributed by atoms with Gasteiger partial charge in [-0.05, 0) is 28.3 Å². The van der Waals surface area contributed by atoms with E-state index in [1.165, 1.54) is 29.0 Å². The average molecular weight is 241 g/mol. The Kier molecular flexibility index (Phi) is 2.76. The Labute approximate surface area is 106 Å². The molecule has 2 aromatic carbocycles. The summed E-state index contributed by atoms with van der Waals surface area (Å²) in [4.78, 5) is 11.6. The Morgan fingerprint density at radius 2 is 2.11 bits per heavy atom. The van der Waals surface area contributed by atoms with Gasteiger partial charge in [0.1, 0.15) is 6.04 Å². The van der Waals surface area contributed by atoms with E-state index >= 15 is 0 Å². The molecule has 0 saturated carbocycles. The van der Waals surface area contributed by atoms with E-state index in [0.29, 0.717) is 6.42 Å². The second kappa shape index (κ2) is 4.42. The Hall–Kier alpha value is -1.87. The van der Waals surface area contributed by atoms with Crippen LogP contribution in [0.1, 0.15) is 11.1 Å². The largest absolute Gasteiger partial charge is 0.468 e. The van der Waals surface area contributed by atoms with Gasteiger partial charge in [-0.15, -0.1) is 0 Å². The number of fused-ring (bicyclic) bond motifs is 3. The second-order valence-electron chi connectivity index (χ2n) is 4.59. The topological polar surface area (TPSA) is 38.3 Å². The van der Waals surface area contributed by atoms with E-state index < -0.39 is 0 Å². The molecule has 18 heavy (non-hydrogen) atoms. The van der Waals surface area contributed by atoms with Crippen molar-refractivity contribution in [1.82, 2.24) is 5.32 Å². The van der Waals surface area contributed by atoms with E-state index in [2.05, 4.69) is 35.6 Å². The molecule has 1 aliphatic rings. The van der Waals surface area contributed by atoms with Crippen molar-refractivity contribution in [3.63, 3.8) is 0 Å². The lowest BCUT2D eigenvalue weighted by Crippen LogP contribution is -2.42. The van der Waals surface area contributed by atoms with Crippen LogP contribution in [0.4, 0.5) is 0 Å². The average Bonchev–Trinajstić information content (AvgIpc) is 2.45. The van der Waals surface area contributed by atoms with Crippen molar-refractivity contribution in [2.45, 2.75) is 19.0 Å². The molecule has 0 saturated heterocycles. The lowest BCUT2D eigenvalue weighted by molar-refractivity contribution is -0.143. The number of benzene rings is 2. The first kappa shape index (κ1) is 11.2. The molecule has 0 spiro atoms. The van der Waals surface area contributed by atoms with Gasteiger partial charge in [0.2, 0.25) is 0 Å². The first-order valence-electron chi connectivity index (χ1n) is 6.10. The van der Waals surface area contributed by atoms with Crippen molar-refractivity contribution in [3.05, 3.63) is 47.5 Å². The van der Waals surface area contributed by atoms with E-state index in [4.69, 9.17) is 4.74 Å². The van der Waals surface area contributed by atoms with Gasteiger partial charge >= 0.3 is 5.97 Å². The summed E-state index contributed by atoms with van der Waals surface area (Å²) in [6, 6.07) is 12.4. The first-order chi connectivity index (χ1) is 8.79. The Bertz CT molecular complexity index is 606. The zero-order chi connectivity index (χ0) is 12.5. The van der Waals surface area contributed by atoms with Crippen molar-refractivity contribution < 1.29 is 9.53 Å². The fourth-order valence-corrected chi connectivity index (χ4v) is 2.61. The van der Waals surface area contributed by atoms with Gasteiger partial charge in [-0.2, -0.15) is 0 Å². The van der Waals surface area contributed by atoms with Gasteiger partial charge in [-0.1, -0.05) is 36.4 Å². The molecular formula is C15H15NO2. The molecule has 1 atom stereocenters.